The van der Waals surface area contributed by atoms with Gasteiger partial charge in [-0.15, -0.1) is 0 Å². The SMILES string of the molecule is Nc1noc(CCNC(=O)[C@H]2C[C@]23CCCc2ccccc23)n1. The lowest BCUT2D eigenvalue weighted by atomic mass is 9.78. The number of nitrogens with one attached hydrogen (secondary N) is 1. The minimum atomic E-state index is 0.0772. The van der Waals surface area contributed by atoms with E-state index in [1.54, 1.807) is 0 Å². The van der Waals surface area contributed by atoms with Crippen LogP contribution in [0.3, 0.4) is 0 Å². The molecule has 2 aliphatic rings. The van der Waals surface area contributed by atoms with Crippen LogP contribution in [-0.2, 0) is 23.1 Å². The van der Waals surface area contributed by atoms with Crippen molar-refractivity contribution in [3.8, 4) is 0 Å². The van der Waals surface area contributed by atoms with Gasteiger partial charge in [0.1, 0.15) is 0 Å². The largest absolute Gasteiger partial charge is 0.365 e. The topological polar surface area (TPSA) is 94.0 Å². The summed E-state index contributed by atoms with van der Waals surface area (Å²) in [5.41, 5.74) is 8.28. The third-order valence-electron chi connectivity index (χ3n) is 5.14. The highest BCUT2D eigenvalue weighted by atomic mass is 16.5. The molecule has 1 heterocycles. The number of aromatic nitrogens is 2. The first-order chi connectivity index (χ1) is 11.2. The third kappa shape index (κ3) is 2.48. The fourth-order valence-corrected chi connectivity index (χ4v) is 3.96. The number of anilines is 1. The van der Waals surface area contributed by atoms with Crippen molar-refractivity contribution in [2.24, 2.45) is 5.92 Å². The highest BCUT2D eigenvalue weighted by Gasteiger charge is 2.59. The van der Waals surface area contributed by atoms with Gasteiger partial charge in [0.25, 0.3) is 5.95 Å². The molecule has 0 radical (unpaired) electrons. The second-order valence-corrected chi connectivity index (χ2v) is 6.51. The van der Waals surface area contributed by atoms with Gasteiger partial charge in [-0.1, -0.05) is 24.3 Å². The number of benzene rings is 1. The van der Waals surface area contributed by atoms with Crippen LogP contribution in [0.2, 0.25) is 0 Å². The number of nitrogens with zero attached hydrogens (tertiary/aromatic N) is 2. The van der Waals surface area contributed by atoms with E-state index in [4.69, 9.17) is 10.3 Å². The summed E-state index contributed by atoms with van der Waals surface area (Å²) in [4.78, 5) is 16.4. The second-order valence-electron chi connectivity index (χ2n) is 6.51. The maximum absolute atomic E-state index is 12.5. The summed E-state index contributed by atoms with van der Waals surface area (Å²) in [7, 11) is 0. The molecule has 120 valence electrons. The van der Waals surface area contributed by atoms with Crippen LogP contribution >= 0.6 is 0 Å². The lowest BCUT2D eigenvalue weighted by Crippen LogP contribution is -2.31. The zero-order valence-corrected chi connectivity index (χ0v) is 12.9. The first-order valence-electron chi connectivity index (χ1n) is 8.13. The van der Waals surface area contributed by atoms with E-state index in [-0.39, 0.29) is 23.2 Å². The Morgan fingerprint density at radius 2 is 2.30 bits per heavy atom. The summed E-state index contributed by atoms with van der Waals surface area (Å²) in [6.45, 7) is 0.495. The lowest BCUT2D eigenvalue weighted by Gasteiger charge is -2.26. The summed E-state index contributed by atoms with van der Waals surface area (Å²) < 4.78 is 4.94. The molecule has 1 spiro atoms. The van der Waals surface area contributed by atoms with E-state index in [1.807, 2.05) is 0 Å². The molecule has 1 aromatic heterocycles. The van der Waals surface area contributed by atoms with Crippen LogP contribution in [0, 0.1) is 5.92 Å². The number of aryl methyl sites for hydroxylation is 1. The van der Waals surface area contributed by atoms with Gasteiger partial charge in [0.05, 0.1) is 0 Å². The molecule has 1 saturated carbocycles. The first kappa shape index (κ1) is 14.2. The number of nitrogens with two attached hydrogens (primary N) is 1. The Kier molecular flexibility index (Phi) is 3.32. The minimum Gasteiger partial charge on any atom is -0.365 e. The Balaban J connectivity index is 1.38. The van der Waals surface area contributed by atoms with Gasteiger partial charge in [-0.25, -0.2) is 0 Å². The van der Waals surface area contributed by atoms with Crippen LogP contribution < -0.4 is 11.1 Å². The van der Waals surface area contributed by atoms with Crippen molar-refractivity contribution >= 4 is 11.9 Å². The second kappa shape index (κ2) is 5.37. The number of hydrogen-bond donors (Lipinski definition) is 2. The molecular weight excluding hydrogens is 292 g/mol. The maximum atomic E-state index is 12.5. The zero-order chi connectivity index (χ0) is 15.9. The number of carbonyl (C=O) groups excluding carboxylic acids is 1. The molecule has 6 heteroatoms. The van der Waals surface area contributed by atoms with Crippen LogP contribution in [0.1, 0.15) is 36.3 Å². The maximum Gasteiger partial charge on any atom is 0.260 e. The fraction of sp³-hybridized carbons (Fsp3) is 0.471. The number of nitrogen functional groups attached to an aromatic ring is 1. The van der Waals surface area contributed by atoms with Crippen LogP contribution in [0.5, 0.6) is 0 Å². The Morgan fingerprint density at radius 3 is 3.13 bits per heavy atom. The number of fused-ring (bicyclic) bond motifs is 2. The van der Waals surface area contributed by atoms with Crippen LogP contribution in [-0.4, -0.2) is 22.6 Å². The van der Waals surface area contributed by atoms with Gasteiger partial charge in [-0.2, -0.15) is 4.98 Å². The highest BCUT2D eigenvalue weighted by Crippen LogP contribution is 2.60. The van der Waals surface area contributed by atoms with Crippen LogP contribution in [0.4, 0.5) is 5.95 Å². The predicted octanol–water partition coefficient (Wildman–Crippen LogP) is 1.60. The van der Waals surface area contributed by atoms with Crippen molar-refractivity contribution in [3.05, 3.63) is 41.3 Å². The standard InChI is InChI=1S/C17H20N4O2/c18-16-20-14(23-21-16)7-9-19-15(22)13-10-17(13)8-3-5-11-4-1-2-6-12(11)17/h1-2,4,6,13H,3,5,7-10H2,(H2,18,21)(H,19,22)/t13-,17+/m1/s1. The molecule has 1 aromatic carbocycles. The molecule has 0 bridgehead atoms. The van der Waals surface area contributed by atoms with E-state index in [2.05, 4.69) is 39.7 Å². The zero-order valence-electron chi connectivity index (χ0n) is 12.9. The molecule has 2 aromatic rings. The van der Waals surface area contributed by atoms with Crippen molar-refractivity contribution in [1.29, 1.82) is 0 Å². The Labute approximate surface area is 134 Å². The number of carbonyl (C=O) groups is 1. The number of hydrogen-bond acceptors (Lipinski definition) is 5. The van der Waals surface area contributed by atoms with Crippen molar-refractivity contribution in [2.75, 3.05) is 12.3 Å². The van der Waals surface area contributed by atoms with Gasteiger partial charge in [0.15, 0.2) is 0 Å². The molecule has 0 aliphatic heterocycles. The molecule has 1 amide bonds. The number of amides is 1. The van der Waals surface area contributed by atoms with E-state index in [0.717, 1.165) is 19.3 Å². The molecule has 4 rings (SSSR count). The summed E-state index contributed by atoms with van der Waals surface area (Å²) in [6, 6.07) is 8.57. The van der Waals surface area contributed by atoms with Gasteiger partial charge in [0.2, 0.25) is 11.8 Å². The predicted molar refractivity (Wildman–Crippen MR) is 84.6 cm³/mol. The summed E-state index contributed by atoms with van der Waals surface area (Å²) >= 11 is 0. The smallest absolute Gasteiger partial charge is 0.260 e. The van der Waals surface area contributed by atoms with Gasteiger partial charge >= 0.3 is 0 Å². The van der Waals surface area contributed by atoms with Gasteiger partial charge in [0, 0.05) is 24.3 Å². The van der Waals surface area contributed by atoms with Crippen LogP contribution in [0.15, 0.2) is 28.8 Å². The summed E-state index contributed by atoms with van der Waals surface area (Å²) in [5.74, 6) is 0.813. The third-order valence-corrected chi connectivity index (χ3v) is 5.14. The molecule has 0 unspecified atom stereocenters. The molecular formula is C17H20N4O2. The quantitative estimate of drug-likeness (QED) is 0.894. The first-order valence-corrected chi connectivity index (χ1v) is 8.13. The van der Waals surface area contributed by atoms with E-state index < -0.39 is 0 Å². The van der Waals surface area contributed by atoms with Gasteiger partial charge < -0.3 is 15.6 Å². The molecule has 0 saturated heterocycles. The van der Waals surface area contributed by atoms with E-state index >= 15 is 0 Å². The summed E-state index contributed by atoms with van der Waals surface area (Å²) in [5, 5.41) is 6.53. The molecule has 3 N–H and O–H groups in total. The average molecular weight is 312 g/mol. The van der Waals surface area contributed by atoms with Gasteiger partial charge in [-0.05, 0) is 42.0 Å². The van der Waals surface area contributed by atoms with Gasteiger partial charge in [-0.3, -0.25) is 4.79 Å². The van der Waals surface area contributed by atoms with E-state index in [1.165, 1.54) is 17.5 Å². The summed E-state index contributed by atoms with van der Waals surface area (Å²) in [6.07, 6.45) is 4.88. The van der Waals surface area contributed by atoms with Crippen molar-refractivity contribution < 1.29 is 9.32 Å². The Bertz CT molecular complexity index is 742. The van der Waals surface area contributed by atoms with Crippen molar-refractivity contribution in [1.82, 2.24) is 15.5 Å². The molecule has 1 fully saturated rings. The Hall–Kier alpha value is -2.37. The highest BCUT2D eigenvalue weighted by molar-refractivity contribution is 5.84. The molecule has 23 heavy (non-hydrogen) atoms. The fourth-order valence-electron chi connectivity index (χ4n) is 3.96. The molecule has 2 aliphatic carbocycles. The molecule has 2 atom stereocenters. The monoisotopic (exact) mass is 312 g/mol. The average Bonchev–Trinajstić information content (AvgIpc) is 3.12. The van der Waals surface area contributed by atoms with E-state index in [9.17, 15) is 4.79 Å². The van der Waals surface area contributed by atoms with Crippen molar-refractivity contribution in [3.63, 3.8) is 0 Å². The van der Waals surface area contributed by atoms with E-state index in [0.29, 0.717) is 18.9 Å². The van der Waals surface area contributed by atoms with Crippen molar-refractivity contribution in [2.45, 2.75) is 37.5 Å². The van der Waals surface area contributed by atoms with Crippen LogP contribution in [0.25, 0.3) is 0 Å². The minimum absolute atomic E-state index is 0.0772. The Morgan fingerprint density at radius 1 is 1.43 bits per heavy atom. The number of rotatable bonds is 4. The molecule has 6 nitrogen and oxygen atoms in total. The normalized spacial score (nSPS) is 25.1. The lowest BCUT2D eigenvalue weighted by molar-refractivity contribution is -0.122.